The Balaban J connectivity index is 1.58. The van der Waals surface area contributed by atoms with E-state index in [9.17, 15) is 13.6 Å². The van der Waals surface area contributed by atoms with Crippen LogP contribution in [0.15, 0.2) is 48.5 Å². The highest BCUT2D eigenvalue weighted by molar-refractivity contribution is 5.94. The number of carbonyl (C=O) groups excluding carboxylic acids is 1. The number of aryl methyl sites for hydroxylation is 1. The molecule has 0 N–H and O–H groups in total. The Kier molecular flexibility index (Phi) is 5.93. The molecule has 1 saturated heterocycles. The number of anilines is 1. The van der Waals surface area contributed by atoms with Gasteiger partial charge in [0.15, 0.2) is 5.82 Å². The van der Waals surface area contributed by atoms with Gasteiger partial charge in [-0.2, -0.15) is 0 Å². The molecule has 160 valence electrons. The lowest BCUT2D eigenvalue weighted by Crippen LogP contribution is -2.49. The second kappa shape index (κ2) is 8.79. The Morgan fingerprint density at radius 1 is 1.00 bits per heavy atom. The largest absolute Gasteiger partial charge is 0.353 e. The number of amides is 1. The molecule has 1 aromatic heterocycles. The summed E-state index contributed by atoms with van der Waals surface area (Å²) in [7, 11) is 0. The minimum atomic E-state index is -0.505. The maximum Gasteiger partial charge on any atom is 0.256 e. The van der Waals surface area contributed by atoms with Crippen molar-refractivity contribution < 1.29 is 13.6 Å². The molecular weight excluding hydrogens is 398 g/mol. The normalized spacial score (nSPS) is 14.1. The third-order valence-electron chi connectivity index (χ3n) is 5.60. The minimum absolute atomic E-state index is 0.0940. The van der Waals surface area contributed by atoms with E-state index in [0.717, 1.165) is 23.5 Å². The van der Waals surface area contributed by atoms with Crippen molar-refractivity contribution in [3.8, 4) is 11.4 Å². The predicted molar refractivity (Wildman–Crippen MR) is 116 cm³/mol. The maximum atomic E-state index is 14.0. The topological polar surface area (TPSA) is 49.3 Å². The van der Waals surface area contributed by atoms with Crippen LogP contribution >= 0.6 is 0 Å². The van der Waals surface area contributed by atoms with Crippen LogP contribution in [0.4, 0.5) is 14.6 Å². The Morgan fingerprint density at radius 3 is 2.42 bits per heavy atom. The molecule has 5 nitrogen and oxygen atoms in total. The lowest BCUT2D eigenvalue weighted by molar-refractivity contribution is 0.0741. The van der Waals surface area contributed by atoms with Gasteiger partial charge in [-0.3, -0.25) is 4.79 Å². The fourth-order valence-corrected chi connectivity index (χ4v) is 3.94. The summed E-state index contributed by atoms with van der Waals surface area (Å²) >= 11 is 0. The second-order valence-corrected chi connectivity index (χ2v) is 7.56. The second-order valence-electron chi connectivity index (χ2n) is 7.56. The van der Waals surface area contributed by atoms with Gasteiger partial charge in [-0.05, 0) is 37.6 Å². The average molecular weight is 422 g/mol. The van der Waals surface area contributed by atoms with E-state index in [2.05, 4.69) is 16.8 Å². The van der Waals surface area contributed by atoms with Crippen molar-refractivity contribution >= 4 is 11.7 Å². The molecule has 31 heavy (non-hydrogen) atoms. The summed E-state index contributed by atoms with van der Waals surface area (Å²) in [5, 5.41) is 0. The first-order valence-electron chi connectivity index (χ1n) is 10.4. The summed E-state index contributed by atoms with van der Waals surface area (Å²) in [6.45, 7) is 6.07. The Bertz CT molecular complexity index is 1110. The van der Waals surface area contributed by atoms with Crippen LogP contribution in [0.5, 0.6) is 0 Å². The van der Waals surface area contributed by atoms with Crippen molar-refractivity contribution in [3.63, 3.8) is 0 Å². The smallest absolute Gasteiger partial charge is 0.256 e. The van der Waals surface area contributed by atoms with Crippen molar-refractivity contribution in [2.75, 3.05) is 31.1 Å². The molecule has 1 aliphatic rings. The molecule has 2 aromatic carbocycles. The molecule has 3 aromatic rings. The molecule has 7 heteroatoms. The molecule has 0 unspecified atom stereocenters. The summed E-state index contributed by atoms with van der Waals surface area (Å²) in [6, 6.07) is 12.3. The first kappa shape index (κ1) is 20.9. The van der Waals surface area contributed by atoms with Gasteiger partial charge in [0, 0.05) is 43.0 Å². The molecule has 2 heterocycles. The molecule has 0 spiro atoms. The van der Waals surface area contributed by atoms with Crippen LogP contribution in [-0.4, -0.2) is 47.0 Å². The highest BCUT2D eigenvalue weighted by Gasteiger charge is 2.26. The molecular formula is C24H24F2N4O. The predicted octanol–water partition coefficient (Wildman–Crippen LogP) is 4.26. The fourth-order valence-electron chi connectivity index (χ4n) is 3.94. The average Bonchev–Trinajstić information content (AvgIpc) is 2.78. The van der Waals surface area contributed by atoms with E-state index in [1.807, 2.05) is 6.92 Å². The molecule has 0 radical (unpaired) electrons. The lowest BCUT2D eigenvalue weighted by Gasteiger charge is -2.36. The molecule has 1 fully saturated rings. The molecule has 4 rings (SSSR count). The molecule has 0 bridgehead atoms. The van der Waals surface area contributed by atoms with Gasteiger partial charge in [0.1, 0.15) is 17.5 Å². The van der Waals surface area contributed by atoms with E-state index in [0.29, 0.717) is 37.6 Å². The third-order valence-corrected chi connectivity index (χ3v) is 5.60. The van der Waals surface area contributed by atoms with E-state index < -0.39 is 5.82 Å². The lowest BCUT2D eigenvalue weighted by atomic mass is 10.1. The number of hydrogen-bond donors (Lipinski definition) is 0. The van der Waals surface area contributed by atoms with Crippen LogP contribution in [0.2, 0.25) is 0 Å². The molecule has 0 saturated carbocycles. The highest BCUT2D eigenvalue weighted by Crippen LogP contribution is 2.27. The van der Waals surface area contributed by atoms with Crippen molar-refractivity contribution in [2.24, 2.45) is 0 Å². The van der Waals surface area contributed by atoms with E-state index in [4.69, 9.17) is 4.98 Å². The zero-order valence-electron chi connectivity index (χ0n) is 17.6. The van der Waals surface area contributed by atoms with E-state index >= 15 is 0 Å². The molecule has 0 aliphatic carbocycles. The number of aromatic nitrogens is 2. The first-order valence-corrected chi connectivity index (χ1v) is 10.4. The van der Waals surface area contributed by atoms with Crippen LogP contribution < -0.4 is 4.90 Å². The SMILES string of the molecule is CCc1c(C)nc(-c2cccc(F)c2)nc1N1CCN(C(=O)c2ccccc2F)CC1. The fraction of sp³-hybridized carbons (Fsp3) is 0.292. The highest BCUT2D eigenvalue weighted by atomic mass is 19.1. The van der Waals surface area contributed by atoms with Crippen LogP contribution in [0.1, 0.15) is 28.5 Å². The minimum Gasteiger partial charge on any atom is -0.353 e. The maximum absolute atomic E-state index is 14.0. The van der Waals surface area contributed by atoms with Crippen LogP contribution in [0.3, 0.4) is 0 Å². The number of rotatable bonds is 4. The van der Waals surface area contributed by atoms with E-state index in [1.54, 1.807) is 29.2 Å². The summed E-state index contributed by atoms with van der Waals surface area (Å²) in [4.78, 5) is 25.9. The van der Waals surface area contributed by atoms with E-state index in [-0.39, 0.29) is 17.3 Å². The van der Waals surface area contributed by atoms with Crippen molar-refractivity contribution in [1.82, 2.24) is 14.9 Å². The number of nitrogens with zero attached hydrogens (tertiary/aromatic N) is 4. The van der Waals surface area contributed by atoms with Crippen molar-refractivity contribution in [2.45, 2.75) is 20.3 Å². The number of halogens is 2. The monoisotopic (exact) mass is 422 g/mol. The summed E-state index contributed by atoms with van der Waals surface area (Å²) < 4.78 is 27.7. The number of carbonyl (C=O) groups is 1. The number of piperazine rings is 1. The van der Waals surface area contributed by atoms with Gasteiger partial charge in [0.05, 0.1) is 5.56 Å². The van der Waals surface area contributed by atoms with Crippen LogP contribution in [-0.2, 0) is 6.42 Å². The van der Waals surface area contributed by atoms with Gasteiger partial charge < -0.3 is 9.80 Å². The van der Waals surface area contributed by atoms with Crippen molar-refractivity contribution in [3.05, 3.63) is 77.0 Å². The quantitative estimate of drug-likeness (QED) is 0.631. The van der Waals surface area contributed by atoms with Gasteiger partial charge in [-0.25, -0.2) is 18.7 Å². The van der Waals surface area contributed by atoms with Gasteiger partial charge in [0.2, 0.25) is 0 Å². The zero-order valence-corrected chi connectivity index (χ0v) is 17.6. The van der Waals surface area contributed by atoms with Crippen molar-refractivity contribution in [1.29, 1.82) is 0 Å². The van der Waals surface area contributed by atoms with Gasteiger partial charge >= 0.3 is 0 Å². The molecule has 1 amide bonds. The van der Waals surface area contributed by atoms with Gasteiger partial charge in [0.25, 0.3) is 5.91 Å². The summed E-state index contributed by atoms with van der Waals surface area (Å²) in [5.41, 5.74) is 2.61. The Morgan fingerprint density at radius 2 is 1.74 bits per heavy atom. The van der Waals surface area contributed by atoms with Gasteiger partial charge in [-0.15, -0.1) is 0 Å². The third kappa shape index (κ3) is 4.26. The van der Waals surface area contributed by atoms with Crippen LogP contribution in [0, 0.1) is 18.6 Å². The number of hydrogen-bond acceptors (Lipinski definition) is 4. The standard InChI is InChI=1S/C24H24F2N4O/c1-3-19-16(2)27-22(17-7-6-8-18(25)15-17)28-23(19)29-11-13-30(14-12-29)24(31)20-9-4-5-10-21(20)26/h4-10,15H,3,11-14H2,1-2H3. The van der Waals surface area contributed by atoms with Crippen LogP contribution in [0.25, 0.3) is 11.4 Å². The Labute approximate surface area is 180 Å². The first-order chi connectivity index (χ1) is 15.0. The molecule has 0 atom stereocenters. The Hall–Kier alpha value is -3.35. The summed E-state index contributed by atoms with van der Waals surface area (Å²) in [6.07, 6.45) is 0.763. The van der Waals surface area contributed by atoms with E-state index in [1.165, 1.54) is 24.3 Å². The number of benzene rings is 2. The zero-order chi connectivity index (χ0) is 22.0. The molecule has 1 aliphatic heterocycles. The van der Waals surface area contributed by atoms with Gasteiger partial charge in [-0.1, -0.05) is 31.2 Å². The summed E-state index contributed by atoms with van der Waals surface area (Å²) in [5.74, 6) is 0.156.